The van der Waals surface area contributed by atoms with E-state index in [1.54, 1.807) is 10.7 Å². The molecule has 2 aromatic rings. The van der Waals surface area contributed by atoms with E-state index in [4.69, 9.17) is 11.6 Å². The fourth-order valence-corrected chi connectivity index (χ4v) is 3.50. The smallest absolute Gasteiger partial charge is 0.244 e. The lowest BCUT2D eigenvalue weighted by Gasteiger charge is -2.33. The summed E-state index contributed by atoms with van der Waals surface area (Å²) >= 11 is 6.07. The van der Waals surface area contributed by atoms with Crippen molar-refractivity contribution < 1.29 is 0 Å². The summed E-state index contributed by atoms with van der Waals surface area (Å²) in [5.41, 5.74) is 2.15. The Balaban J connectivity index is 1.68. The number of rotatable bonds is 6. The van der Waals surface area contributed by atoms with Crippen molar-refractivity contribution in [2.75, 3.05) is 25.0 Å². The minimum Gasteiger partial charge on any atom is -0.349 e. The molecule has 2 aromatic heterocycles. The van der Waals surface area contributed by atoms with Crippen LogP contribution in [-0.2, 0) is 0 Å². The van der Waals surface area contributed by atoms with Crippen LogP contribution in [0.3, 0.4) is 0 Å². The summed E-state index contributed by atoms with van der Waals surface area (Å²) in [6, 6.07) is 2.17. The van der Waals surface area contributed by atoms with Crippen molar-refractivity contribution in [1.29, 1.82) is 0 Å². The van der Waals surface area contributed by atoms with Gasteiger partial charge in [-0.3, -0.25) is 4.90 Å². The summed E-state index contributed by atoms with van der Waals surface area (Å²) in [5, 5.41) is 16.4. The Kier molecular flexibility index (Phi) is 6.04. The van der Waals surface area contributed by atoms with Gasteiger partial charge in [0, 0.05) is 19.1 Å². The van der Waals surface area contributed by atoms with Gasteiger partial charge in [-0.1, -0.05) is 36.8 Å². The van der Waals surface area contributed by atoms with Gasteiger partial charge in [0.15, 0.2) is 5.15 Å². The van der Waals surface area contributed by atoms with E-state index in [1.807, 2.05) is 6.07 Å². The molecule has 7 heteroatoms. The number of piperidine rings is 1. The molecule has 1 aliphatic rings. The Morgan fingerprint density at radius 2 is 2.32 bits per heavy atom. The topological polar surface area (TPSA) is 58.3 Å². The largest absolute Gasteiger partial charge is 0.349 e. The molecule has 0 bridgehead atoms. The third-order valence-electron chi connectivity index (χ3n) is 4.38. The van der Waals surface area contributed by atoms with Gasteiger partial charge in [-0.05, 0) is 44.4 Å². The second kappa shape index (κ2) is 8.45. The molecule has 25 heavy (non-hydrogen) atoms. The highest BCUT2D eigenvalue weighted by molar-refractivity contribution is 6.32. The van der Waals surface area contributed by atoms with Crippen LogP contribution in [0.5, 0.6) is 0 Å². The average molecular weight is 361 g/mol. The van der Waals surface area contributed by atoms with Crippen LogP contribution in [0.15, 0.2) is 36.1 Å². The third-order valence-corrected chi connectivity index (χ3v) is 4.65. The molecule has 0 aromatic carbocycles. The standard InChI is InChI=1S/C18H25ClN6/c1-3-6-14(7-4-2)12-24-11-5-8-15(13-24)21-18-23-22-17(19)16-9-10-20-25(16)18/h3,6-7,9-10,15H,4-5,8,11-13H2,1-2H3,(H,21,23)/b6-3-,14-7+. The molecule has 3 rings (SSSR count). The van der Waals surface area contributed by atoms with E-state index < -0.39 is 0 Å². The highest BCUT2D eigenvalue weighted by Gasteiger charge is 2.21. The summed E-state index contributed by atoms with van der Waals surface area (Å²) in [4.78, 5) is 2.49. The Morgan fingerprint density at radius 3 is 3.12 bits per heavy atom. The van der Waals surface area contributed by atoms with Crippen molar-refractivity contribution in [2.24, 2.45) is 0 Å². The van der Waals surface area contributed by atoms with Crippen molar-refractivity contribution in [3.05, 3.63) is 41.2 Å². The van der Waals surface area contributed by atoms with E-state index in [-0.39, 0.29) is 0 Å². The number of likely N-dealkylation sites (tertiary alicyclic amines) is 1. The zero-order chi connectivity index (χ0) is 17.6. The van der Waals surface area contributed by atoms with Gasteiger partial charge in [-0.15, -0.1) is 10.2 Å². The minimum absolute atomic E-state index is 0.324. The molecular formula is C18H25ClN6. The molecule has 6 nitrogen and oxygen atoms in total. The van der Waals surface area contributed by atoms with Gasteiger partial charge < -0.3 is 5.32 Å². The van der Waals surface area contributed by atoms with E-state index >= 15 is 0 Å². The van der Waals surface area contributed by atoms with E-state index in [2.05, 4.69) is 57.6 Å². The molecule has 1 atom stereocenters. The number of allylic oxidation sites excluding steroid dienone is 2. The van der Waals surface area contributed by atoms with Crippen molar-refractivity contribution in [1.82, 2.24) is 24.7 Å². The Labute approximate surface area is 153 Å². The first-order chi connectivity index (χ1) is 12.2. The van der Waals surface area contributed by atoms with Gasteiger partial charge in [0.05, 0.1) is 6.20 Å². The van der Waals surface area contributed by atoms with Crippen molar-refractivity contribution >= 4 is 23.1 Å². The predicted octanol–water partition coefficient (Wildman–Crippen LogP) is 3.57. The molecule has 1 aliphatic heterocycles. The highest BCUT2D eigenvalue weighted by Crippen LogP contribution is 2.19. The first kappa shape index (κ1) is 17.9. The molecule has 1 fully saturated rings. The maximum Gasteiger partial charge on any atom is 0.244 e. The summed E-state index contributed by atoms with van der Waals surface area (Å²) < 4.78 is 1.72. The van der Waals surface area contributed by atoms with Crippen LogP contribution in [0.4, 0.5) is 5.95 Å². The summed E-state index contributed by atoms with van der Waals surface area (Å²) in [6.07, 6.45) is 11.7. The zero-order valence-corrected chi connectivity index (χ0v) is 15.6. The lowest BCUT2D eigenvalue weighted by Crippen LogP contribution is -2.43. The quantitative estimate of drug-likeness (QED) is 0.798. The second-order valence-corrected chi connectivity index (χ2v) is 6.71. The van der Waals surface area contributed by atoms with Gasteiger partial charge in [0.25, 0.3) is 0 Å². The van der Waals surface area contributed by atoms with Gasteiger partial charge in [0.2, 0.25) is 5.95 Å². The number of fused-ring (bicyclic) bond motifs is 1. The Hall–Kier alpha value is -1.92. The van der Waals surface area contributed by atoms with Gasteiger partial charge in [-0.2, -0.15) is 9.61 Å². The molecule has 0 amide bonds. The van der Waals surface area contributed by atoms with Crippen LogP contribution in [0.25, 0.3) is 5.52 Å². The first-order valence-corrected chi connectivity index (χ1v) is 9.25. The molecule has 1 unspecified atom stereocenters. The fourth-order valence-electron chi connectivity index (χ4n) is 3.32. The lowest BCUT2D eigenvalue weighted by atomic mass is 10.0. The zero-order valence-electron chi connectivity index (χ0n) is 14.8. The molecular weight excluding hydrogens is 336 g/mol. The molecule has 0 saturated carbocycles. The number of hydrogen-bond acceptors (Lipinski definition) is 5. The van der Waals surface area contributed by atoms with Crippen molar-refractivity contribution in [2.45, 2.75) is 39.2 Å². The van der Waals surface area contributed by atoms with Crippen LogP contribution < -0.4 is 5.32 Å². The summed E-state index contributed by atoms with van der Waals surface area (Å²) in [6.45, 7) is 7.34. The first-order valence-electron chi connectivity index (χ1n) is 8.87. The van der Waals surface area contributed by atoms with Crippen molar-refractivity contribution in [3.63, 3.8) is 0 Å². The average Bonchev–Trinajstić information content (AvgIpc) is 3.09. The molecule has 0 spiro atoms. The predicted molar refractivity (Wildman–Crippen MR) is 102 cm³/mol. The monoisotopic (exact) mass is 360 g/mol. The highest BCUT2D eigenvalue weighted by atomic mass is 35.5. The molecule has 1 N–H and O–H groups in total. The maximum absolute atomic E-state index is 6.07. The Bertz CT molecular complexity index is 766. The third kappa shape index (κ3) is 4.38. The van der Waals surface area contributed by atoms with Crippen LogP contribution >= 0.6 is 11.6 Å². The van der Waals surface area contributed by atoms with E-state index in [9.17, 15) is 0 Å². The minimum atomic E-state index is 0.324. The molecule has 3 heterocycles. The number of halogens is 1. The van der Waals surface area contributed by atoms with E-state index in [0.717, 1.165) is 44.4 Å². The van der Waals surface area contributed by atoms with Gasteiger partial charge in [0.1, 0.15) is 5.52 Å². The van der Waals surface area contributed by atoms with Crippen LogP contribution in [0.2, 0.25) is 5.15 Å². The van der Waals surface area contributed by atoms with Crippen molar-refractivity contribution in [3.8, 4) is 0 Å². The van der Waals surface area contributed by atoms with Crippen LogP contribution in [0.1, 0.15) is 33.1 Å². The van der Waals surface area contributed by atoms with E-state index in [0.29, 0.717) is 17.1 Å². The number of aromatic nitrogens is 4. The maximum atomic E-state index is 6.07. The van der Waals surface area contributed by atoms with Gasteiger partial charge in [-0.25, -0.2) is 0 Å². The number of hydrogen-bond donors (Lipinski definition) is 1. The summed E-state index contributed by atoms with van der Waals surface area (Å²) in [7, 11) is 0. The van der Waals surface area contributed by atoms with E-state index in [1.165, 1.54) is 5.57 Å². The SMILES string of the molecule is C/C=C\C(=C/CC)CN1CCCC(Nc2nnc(Cl)c3ccnn23)C1. The van der Waals surface area contributed by atoms with Crippen LogP contribution in [-0.4, -0.2) is 50.4 Å². The number of nitrogens with zero attached hydrogens (tertiary/aromatic N) is 5. The molecule has 0 radical (unpaired) electrons. The number of nitrogens with one attached hydrogen (secondary N) is 1. The molecule has 134 valence electrons. The normalized spacial score (nSPS) is 19.8. The van der Waals surface area contributed by atoms with Gasteiger partial charge >= 0.3 is 0 Å². The summed E-state index contributed by atoms with van der Waals surface area (Å²) in [5.74, 6) is 0.647. The lowest BCUT2D eigenvalue weighted by molar-refractivity contribution is 0.233. The Morgan fingerprint density at radius 1 is 1.44 bits per heavy atom. The fraction of sp³-hybridized carbons (Fsp3) is 0.500. The molecule has 0 aliphatic carbocycles. The second-order valence-electron chi connectivity index (χ2n) is 6.35. The number of anilines is 1. The van der Waals surface area contributed by atoms with Crippen LogP contribution in [0, 0.1) is 0 Å². The molecule has 1 saturated heterocycles.